The summed E-state index contributed by atoms with van der Waals surface area (Å²) in [6, 6.07) is 5.57. The van der Waals surface area contributed by atoms with Gasteiger partial charge in [-0.05, 0) is 24.6 Å². The summed E-state index contributed by atoms with van der Waals surface area (Å²) in [5.74, 6) is -0.471. The zero-order valence-electron chi connectivity index (χ0n) is 9.87. The minimum absolute atomic E-state index is 0.388. The van der Waals surface area contributed by atoms with Crippen molar-refractivity contribution < 1.29 is 14.6 Å². The molecule has 0 fully saturated rings. The van der Waals surface area contributed by atoms with Gasteiger partial charge in [-0.15, -0.1) is 0 Å². The average Bonchev–Trinajstić information content (AvgIpc) is 2.29. The quantitative estimate of drug-likeness (QED) is 0.848. The zero-order chi connectivity index (χ0) is 12.8. The van der Waals surface area contributed by atoms with Gasteiger partial charge in [-0.2, -0.15) is 0 Å². The molecule has 0 heterocycles. The van der Waals surface area contributed by atoms with Gasteiger partial charge in [-0.1, -0.05) is 22.9 Å². The Morgan fingerprint density at radius 1 is 1.59 bits per heavy atom. The van der Waals surface area contributed by atoms with Crippen LogP contribution in [0.2, 0.25) is 0 Å². The maximum atomic E-state index is 10.9. The third kappa shape index (κ3) is 3.93. The second kappa shape index (κ2) is 6.49. The minimum atomic E-state index is -0.783. The molecule has 0 saturated carbocycles. The van der Waals surface area contributed by atoms with E-state index in [1.807, 2.05) is 25.1 Å². The van der Waals surface area contributed by atoms with Crippen molar-refractivity contribution >= 4 is 27.6 Å². The second-order valence-corrected chi connectivity index (χ2v) is 4.58. The van der Waals surface area contributed by atoms with Gasteiger partial charge < -0.3 is 15.2 Å². The fourth-order valence-corrected chi connectivity index (χ4v) is 1.82. The lowest BCUT2D eigenvalue weighted by atomic mass is 10.1. The zero-order valence-corrected chi connectivity index (χ0v) is 11.5. The average molecular weight is 302 g/mol. The van der Waals surface area contributed by atoms with E-state index >= 15 is 0 Å². The lowest BCUT2D eigenvalue weighted by molar-refractivity contribution is -0.141. The van der Waals surface area contributed by atoms with Crippen molar-refractivity contribution in [2.45, 2.75) is 13.3 Å². The highest BCUT2D eigenvalue weighted by Gasteiger charge is 2.15. The minimum Gasteiger partial charge on any atom is -0.495 e. The number of methoxy groups -OCH3 is 1. The Morgan fingerprint density at radius 2 is 2.29 bits per heavy atom. The molecule has 0 aliphatic carbocycles. The number of hydrogen-bond donors (Lipinski definition) is 2. The van der Waals surface area contributed by atoms with E-state index in [4.69, 9.17) is 9.84 Å². The largest absolute Gasteiger partial charge is 0.495 e. The fourth-order valence-electron chi connectivity index (χ4n) is 1.46. The molecule has 94 valence electrons. The summed E-state index contributed by atoms with van der Waals surface area (Å²) in [6.45, 7) is 2.25. The van der Waals surface area contributed by atoms with Crippen LogP contribution in [-0.2, 0) is 4.79 Å². The number of rotatable bonds is 6. The third-order valence-corrected chi connectivity index (χ3v) is 3.04. The molecule has 0 saturated heterocycles. The van der Waals surface area contributed by atoms with Crippen LogP contribution >= 0.6 is 15.9 Å². The van der Waals surface area contributed by atoms with Gasteiger partial charge in [-0.25, -0.2) is 0 Å². The number of hydrogen-bond acceptors (Lipinski definition) is 3. The van der Waals surface area contributed by atoms with E-state index in [0.29, 0.717) is 18.7 Å². The summed E-state index contributed by atoms with van der Waals surface area (Å²) in [5, 5.41) is 12.1. The summed E-state index contributed by atoms with van der Waals surface area (Å²) >= 11 is 3.37. The van der Waals surface area contributed by atoms with Gasteiger partial charge in [0.15, 0.2) is 0 Å². The molecule has 17 heavy (non-hydrogen) atoms. The maximum absolute atomic E-state index is 10.9. The van der Waals surface area contributed by atoms with Crippen molar-refractivity contribution in [2.75, 3.05) is 19.0 Å². The summed E-state index contributed by atoms with van der Waals surface area (Å²) in [6.07, 6.45) is 0.596. The van der Waals surface area contributed by atoms with E-state index in [0.717, 1.165) is 10.2 Å². The molecule has 1 aromatic carbocycles. The lowest BCUT2D eigenvalue weighted by Crippen LogP contribution is -2.22. The predicted octanol–water partition coefficient (Wildman–Crippen LogP) is 2.98. The molecule has 1 unspecified atom stereocenters. The number of ether oxygens (including phenoxy) is 1. The highest BCUT2D eigenvalue weighted by Crippen LogP contribution is 2.28. The van der Waals surface area contributed by atoms with Crippen LogP contribution in [0.25, 0.3) is 0 Å². The van der Waals surface area contributed by atoms with Gasteiger partial charge in [0.1, 0.15) is 5.75 Å². The highest BCUT2D eigenvalue weighted by atomic mass is 79.9. The first-order chi connectivity index (χ1) is 8.08. The van der Waals surface area contributed by atoms with Crippen molar-refractivity contribution in [3.63, 3.8) is 0 Å². The van der Waals surface area contributed by atoms with Crippen LogP contribution < -0.4 is 10.1 Å². The van der Waals surface area contributed by atoms with E-state index < -0.39 is 11.9 Å². The Bertz CT molecular complexity index is 395. The van der Waals surface area contributed by atoms with Crippen LogP contribution in [0.4, 0.5) is 5.69 Å². The van der Waals surface area contributed by atoms with Crippen molar-refractivity contribution in [2.24, 2.45) is 5.92 Å². The molecule has 0 aliphatic rings. The summed E-state index contributed by atoms with van der Waals surface area (Å²) < 4.78 is 6.12. The van der Waals surface area contributed by atoms with E-state index in [1.54, 1.807) is 7.11 Å². The molecule has 0 radical (unpaired) electrons. The molecule has 1 atom stereocenters. The van der Waals surface area contributed by atoms with Gasteiger partial charge in [0.25, 0.3) is 0 Å². The Balaban J connectivity index is 2.73. The van der Waals surface area contributed by atoms with E-state index in [2.05, 4.69) is 21.2 Å². The fraction of sp³-hybridized carbons (Fsp3) is 0.417. The number of carbonyl (C=O) groups is 1. The first-order valence-electron chi connectivity index (χ1n) is 5.38. The molecule has 0 aliphatic heterocycles. The van der Waals surface area contributed by atoms with Gasteiger partial charge in [-0.3, -0.25) is 4.79 Å². The molecular weight excluding hydrogens is 286 g/mol. The lowest BCUT2D eigenvalue weighted by Gasteiger charge is -2.14. The summed E-state index contributed by atoms with van der Waals surface area (Å²) in [5.41, 5.74) is 0.793. The topological polar surface area (TPSA) is 58.6 Å². The first-order valence-corrected chi connectivity index (χ1v) is 6.18. The summed E-state index contributed by atoms with van der Waals surface area (Å²) in [4.78, 5) is 10.9. The molecule has 2 N–H and O–H groups in total. The van der Waals surface area contributed by atoms with Crippen molar-refractivity contribution in [3.05, 3.63) is 22.7 Å². The number of halogens is 1. The molecule has 0 bridgehead atoms. The van der Waals surface area contributed by atoms with Gasteiger partial charge >= 0.3 is 5.97 Å². The van der Waals surface area contributed by atoms with Crippen LogP contribution in [0.15, 0.2) is 22.7 Å². The molecule has 0 aromatic heterocycles. The number of benzene rings is 1. The SMILES string of the molecule is CCC(CNc1cc(Br)ccc1OC)C(=O)O. The van der Waals surface area contributed by atoms with Crippen molar-refractivity contribution in [3.8, 4) is 5.75 Å². The monoisotopic (exact) mass is 301 g/mol. The smallest absolute Gasteiger partial charge is 0.308 e. The molecule has 0 amide bonds. The van der Waals surface area contributed by atoms with Crippen LogP contribution in [0.1, 0.15) is 13.3 Å². The molecule has 1 aromatic rings. The number of carboxylic acids is 1. The molecule has 0 spiro atoms. The maximum Gasteiger partial charge on any atom is 0.308 e. The molecular formula is C12H16BrNO3. The normalized spacial score (nSPS) is 11.9. The molecule has 1 rings (SSSR count). The Labute approximate surface area is 109 Å². The second-order valence-electron chi connectivity index (χ2n) is 3.67. The Kier molecular flexibility index (Phi) is 5.28. The third-order valence-electron chi connectivity index (χ3n) is 2.54. The number of aliphatic carboxylic acids is 1. The number of nitrogens with one attached hydrogen (secondary N) is 1. The first kappa shape index (κ1) is 13.8. The molecule has 4 nitrogen and oxygen atoms in total. The van der Waals surface area contributed by atoms with Crippen molar-refractivity contribution in [1.29, 1.82) is 0 Å². The van der Waals surface area contributed by atoms with Gasteiger partial charge in [0, 0.05) is 11.0 Å². The van der Waals surface area contributed by atoms with Crippen LogP contribution in [0, 0.1) is 5.92 Å². The number of anilines is 1. The van der Waals surface area contributed by atoms with Crippen LogP contribution in [0.3, 0.4) is 0 Å². The Morgan fingerprint density at radius 3 is 2.82 bits per heavy atom. The van der Waals surface area contributed by atoms with Crippen molar-refractivity contribution in [1.82, 2.24) is 0 Å². The Hall–Kier alpha value is -1.23. The number of carboxylic acid groups (broad SMARTS) is 1. The van der Waals surface area contributed by atoms with Gasteiger partial charge in [0.2, 0.25) is 0 Å². The van der Waals surface area contributed by atoms with Gasteiger partial charge in [0.05, 0.1) is 18.7 Å². The van der Waals surface area contributed by atoms with Crippen LogP contribution in [0.5, 0.6) is 5.75 Å². The predicted molar refractivity (Wildman–Crippen MR) is 70.6 cm³/mol. The van der Waals surface area contributed by atoms with E-state index in [1.165, 1.54) is 0 Å². The van der Waals surface area contributed by atoms with Crippen LogP contribution in [-0.4, -0.2) is 24.7 Å². The molecule has 5 heteroatoms. The highest BCUT2D eigenvalue weighted by molar-refractivity contribution is 9.10. The summed E-state index contributed by atoms with van der Waals surface area (Å²) in [7, 11) is 1.59. The van der Waals surface area contributed by atoms with E-state index in [-0.39, 0.29) is 0 Å². The standard InChI is InChI=1S/C12H16BrNO3/c1-3-8(12(15)16)7-14-10-6-9(13)4-5-11(10)17-2/h4-6,8,14H,3,7H2,1-2H3,(H,15,16). The van der Waals surface area contributed by atoms with E-state index in [9.17, 15) is 4.79 Å².